The molecule has 29 heavy (non-hydrogen) atoms. The molecule has 1 atom stereocenters. The number of carbonyl (C=O) groups is 1. The zero-order valence-corrected chi connectivity index (χ0v) is 18.0. The molecule has 7 heteroatoms. The Morgan fingerprint density at radius 2 is 1.97 bits per heavy atom. The number of methoxy groups -OCH3 is 1. The van der Waals surface area contributed by atoms with Crippen LogP contribution in [0.1, 0.15) is 25.8 Å². The number of rotatable bonds is 8. The first-order chi connectivity index (χ1) is 14.0. The molecule has 3 rings (SSSR count). The summed E-state index contributed by atoms with van der Waals surface area (Å²) in [5.41, 5.74) is 3.04. The van der Waals surface area contributed by atoms with Gasteiger partial charge >= 0.3 is 0 Å². The van der Waals surface area contributed by atoms with Gasteiger partial charge in [0.15, 0.2) is 11.0 Å². The molecule has 0 spiro atoms. The van der Waals surface area contributed by atoms with Crippen LogP contribution >= 0.6 is 11.8 Å². The molecule has 0 saturated carbocycles. The second kappa shape index (κ2) is 9.60. The molecule has 0 aliphatic rings. The van der Waals surface area contributed by atoms with Gasteiger partial charge in [0.05, 0.1) is 12.9 Å². The molecule has 0 aliphatic heterocycles. The minimum Gasteiger partial charge on any atom is -0.497 e. The predicted molar refractivity (Wildman–Crippen MR) is 117 cm³/mol. The number of nitrogens with zero attached hydrogens (tertiary/aromatic N) is 3. The molecule has 0 aliphatic carbocycles. The van der Waals surface area contributed by atoms with Crippen LogP contribution in [0, 0.1) is 6.92 Å². The van der Waals surface area contributed by atoms with Gasteiger partial charge in [-0.05, 0) is 50.6 Å². The van der Waals surface area contributed by atoms with E-state index in [-0.39, 0.29) is 17.7 Å². The van der Waals surface area contributed by atoms with Gasteiger partial charge in [0.25, 0.3) is 0 Å². The SMILES string of the molecule is CCC(C)NC(=O)CSc1nnc(-c2cccc(C)c2)n1-c1ccc(OC)cc1. The molecule has 152 valence electrons. The number of hydrogen-bond acceptors (Lipinski definition) is 5. The average molecular weight is 411 g/mol. The van der Waals surface area contributed by atoms with Crippen molar-refractivity contribution in [2.75, 3.05) is 12.9 Å². The highest BCUT2D eigenvalue weighted by atomic mass is 32.2. The number of carbonyl (C=O) groups excluding carboxylic acids is 1. The van der Waals surface area contributed by atoms with Gasteiger partial charge in [-0.3, -0.25) is 9.36 Å². The van der Waals surface area contributed by atoms with Crippen LogP contribution in [0.2, 0.25) is 0 Å². The summed E-state index contributed by atoms with van der Waals surface area (Å²) in [4.78, 5) is 12.2. The Hall–Kier alpha value is -2.80. The zero-order chi connectivity index (χ0) is 20.8. The minimum absolute atomic E-state index is 0.00858. The lowest BCUT2D eigenvalue weighted by Gasteiger charge is -2.13. The molecule has 0 bridgehead atoms. The highest BCUT2D eigenvalue weighted by Gasteiger charge is 2.18. The third kappa shape index (κ3) is 5.17. The molecule has 2 aromatic carbocycles. The summed E-state index contributed by atoms with van der Waals surface area (Å²) < 4.78 is 7.26. The van der Waals surface area contributed by atoms with Gasteiger partial charge in [0.2, 0.25) is 5.91 Å². The maximum Gasteiger partial charge on any atom is 0.230 e. The van der Waals surface area contributed by atoms with Crippen molar-refractivity contribution in [2.24, 2.45) is 0 Å². The second-order valence-corrected chi connectivity index (χ2v) is 7.82. The van der Waals surface area contributed by atoms with Gasteiger partial charge in [0.1, 0.15) is 5.75 Å². The van der Waals surface area contributed by atoms with E-state index in [1.54, 1.807) is 7.11 Å². The van der Waals surface area contributed by atoms with Gasteiger partial charge < -0.3 is 10.1 Å². The van der Waals surface area contributed by atoms with E-state index in [0.29, 0.717) is 5.16 Å². The predicted octanol–water partition coefficient (Wildman–Crippen LogP) is 4.26. The first-order valence-corrected chi connectivity index (χ1v) is 10.6. The Morgan fingerprint density at radius 1 is 1.21 bits per heavy atom. The van der Waals surface area contributed by atoms with Crippen molar-refractivity contribution in [1.29, 1.82) is 0 Å². The number of hydrogen-bond donors (Lipinski definition) is 1. The highest BCUT2D eigenvalue weighted by molar-refractivity contribution is 7.99. The fourth-order valence-electron chi connectivity index (χ4n) is 2.85. The molecule has 1 N–H and O–H groups in total. The fraction of sp³-hybridized carbons (Fsp3) is 0.318. The van der Waals surface area contributed by atoms with Crippen LogP contribution in [-0.2, 0) is 4.79 Å². The first-order valence-electron chi connectivity index (χ1n) is 9.60. The smallest absolute Gasteiger partial charge is 0.230 e. The number of aryl methyl sites for hydroxylation is 1. The third-order valence-corrected chi connectivity index (χ3v) is 5.52. The first kappa shape index (κ1) is 20.9. The molecule has 1 aromatic heterocycles. The van der Waals surface area contributed by atoms with Crippen molar-refractivity contribution in [2.45, 2.75) is 38.4 Å². The monoisotopic (exact) mass is 410 g/mol. The maximum atomic E-state index is 12.2. The molecule has 1 unspecified atom stereocenters. The summed E-state index contributed by atoms with van der Waals surface area (Å²) in [6, 6.07) is 16.0. The lowest BCUT2D eigenvalue weighted by molar-refractivity contribution is -0.119. The lowest BCUT2D eigenvalue weighted by atomic mass is 10.1. The van der Waals surface area contributed by atoms with Crippen LogP contribution in [0.5, 0.6) is 5.75 Å². The van der Waals surface area contributed by atoms with Crippen molar-refractivity contribution in [1.82, 2.24) is 20.1 Å². The van der Waals surface area contributed by atoms with E-state index in [2.05, 4.69) is 21.6 Å². The number of amides is 1. The van der Waals surface area contributed by atoms with E-state index in [1.165, 1.54) is 11.8 Å². The zero-order valence-electron chi connectivity index (χ0n) is 17.2. The van der Waals surface area contributed by atoms with E-state index >= 15 is 0 Å². The van der Waals surface area contributed by atoms with E-state index in [4.69, 9.17) is 4.74 Å². The Labute approximate surface area is 175 Å². The average Bonchev–Trinajstić information content (AvgIpc) is 3.16. The Bertz CT molecular complexity index is 969. The largest absolute Gasteiger partial charge is 0.497 e. The molecule has 3 aromatic rings. The van der Waals surface area contributed by atoms with Crippen LogP contribution < -0.4 is 10.1 Å². The number of nitrogens with one attached hydrogen (secondary N) is 1. The molecule has 6 nitrogen and oxygen atoms in total. The summed E-state index contributed by atoms with van der Waals surface area (Å²) in [6.07, 6.45) is 0.899. The highest BCUT2D eigenvalue weighted by Crippen LogP contribution is 2.29. The van der Waals surface area contributed by atoms with E-state index in [0.717, 1.165) is 34.8 Å². The fourth-order valence-corrected chi connectivity index (χ4v) is 3.61. The number of benzene rings is 2. The van der Waals surface area contributed by atoms with Crippen LogP contribution in [-0.4, -0.2) is 39.6 Å². The van der Waals surface area contributed by atoms with Crippen LogP contribution in [0.4, 0.5) is 0 Å². The second-order valence-electron chi connectivity index (χ2n) is 6.87. The van der Waals surface area contributed by atoms with Crippen molar-refractivity contribution in [3.8, 4) is 22.8 Å². The molecule has 0 radical (unpaired) electrons. The summed E-state index contributed by atoms with van der Waals surface area (Å²) in [6.45, 7) is 6.09. The number of ether oxygens (including phenoxy) is 1. The molecule has 0 fully saturated rings. The van der Waals surface area contributed by atoms with E-state index in [1.807, 2.05) is 67.8 Å². The molecule has 1 amide bonds. The van der Waals surface area contributed by atoms with Crippen LogP contribution in [0.15, 0.2) is 53.7 Å². The molecule has 0 saturated heterocycles. The summed E-state index contributed by atoms with van der Waals surface area (Å²) in [5, 5.41) is 12.5. The van der Waals surface area contributed by atoms with Crippen molar-refractivity contribution < 1.29 is 9.53 Å². The van der Waals surface area contributed by atoms with Gasteiger partial charge in [-0.2, -0.15) is 0 Å². The van der Waals surface area contributed by atoms with Gasteiger partial charge in [0, 0.05) is 17.3 Å². The van der Waals surface area contributed by atoms with E-state index in [9.17, 15) is 4.79 Å². The molecule has 1 heterocycles. The van der Waals surface area contributed by atoms with E-state index < -0.39 is 0 Å². The van der Waals surface area contributed by atoms with Gasteiger partial charge in [-0.1, -0.05) is 42.4 Å². The van der Waals surface area contributed by atoms with Gasteiger partial charge in [-0.25, -0.2) is 0 Å². The summed E-state index contributed by atoms with van der Waals surface area (Å²) in [7, 11) is 1.64. The number of thioether (sulfide) groups is 1. The maximum absolute atomic E-state index is 12.2. The Kier molecular flexibility index (Phi) is 6.93. The molecular weight excluding hydrogens is 384 g/mol. The number of aromatic nitrogens is 3. The lowest BCUT2D eigenvalue weighted by Crippen LogP contribution is -2.33. The van der Waals surface area contributed by atoms with Crippen molar-refractivity contribution >= 4 is 17.7 Å². The van der Waals surface area contributed by atoms with Crippen molar-refractivity contribution in [3.05, 3.63) is 54.1 Å². The standard InChI is InChI=1S/C22H26N4O2S/c1-5-16(3)23-20(27)14-29-22-25-24-21(17-8-6-7-15(2)13-17)26(22)18-9-11-19(28-4)12-10-18/h6-13,16H,5,14H2,1-4H3,(H,23,27). The Balaban J connectivity index is 1.94. The molecular formula is C22H26N4O2S. The van der Waals surface area contributed by atoms with Crippen molar-refractivity contribution in [3.63, 3.8) is 0 Å². The normalized spacial score (nSPS) is 11.9. The third-order valence-electron chi connectivity index (χ3n) is 4.59. The van der Waals surface area contributed by atoms with Gasteiger partial charge in [-0.15, -0.1) is 10.2 Å². The van der Waals surface area contributed by atoms with Crippen LogP contribution in [0.25, 0.3) is 17.1 Å². The summed E-state index contributed by atoms with van der Waals surface area (Å²) >= 11 is 1.38. The summed E-state index contributed by atoms with van der Waals surface area (Å²) in [5.74, 6) is 1.79. The van der Waals surface area contributed by atoms with Crippen LogP contribution in [0.3, 0.4) is 0 Å². The topological polar surface area (TPSA) is 69.0 Å². The Morgan fingerprint density at radius 3 is 2.62 bits per heavy atom. The minimum atomic E-state index is -0.00858. The quantitative estimate of drug-likeness (QED) is 0.562.